The first kappa shape index (κ1) is 15.7. The van der Waals surface area contributed by atoms with Gasteiger partial charge in [-0.3, -0.25) is 10.1 Å². The Labute approximate surface area is 142 Å². The number of hydrogen-bond acceptors (Lipinski definition) is 3. The molecule has 0 amide bonds. The maximum atomic E-state index is 11.7. The fourth-order valence-corrected chi connectivity index (χ4v) is 4.45. The highest BCUT2D eigenvalue weighted by atomic mass is 16.4. The maximum Gasteiger partial charge on any atom is 0.321 e. The van der Waals surface area contributed by atoms with E-state index in [0.29, 0.717) is 12.5 Å². The lowest BCUT2D eigenvalue weighted by molar-refractivity contribution is -0.140. The number of benzene rings is 1. The van der Waals surface area contributed by atoms with Crippen LogP contribution in [0.1, 0.15) is 37.9 Å². The molecule has 2 aliphatic heterocycles. The zero-order chi connectivity index (χ0) is 16.9. The summed E-state index contributed by atoms with van der Waals surface area (Å²) < 4.78 is 0. The van der Waals surface area contributed by atoms with Gasteiger partial charge in [-0.15, -0.1) is 0 Å². The third-order valence-electron chi connectivity index (χ3n) is 5.83. The van der Waals surface area contributed by atoms with Crippen molar-refractivity contribution in [1.29, 1.82) is 0 Å². The number of nitrogens with one attached hydrogen (secondary N) is 2. The Balaban J connectivity index is 1.79. The van der Waals surface area contributed by atoms with Gasteiger partial charge >= 0.3 is 5.97 Å². The van der Waals surface area contributed by atoms with Crippen molar-refractivity contribution in [2.45, 2.75) is 50.7 Å². The summed E-state index contributed by atoms with van der Waals surface area (Å²) >= 11 is 0. The van der Waals surface area contributed by atoms with Crippen LogP contribution in [0.2, 0.25) is 0 Å². The van der Waals surface area contributed by atoms with Crippen molar-refractivity contribution in [3.63, 3.8) is 0 Å². The summed E-state index contributed by atoms with van der Waals surface area (Å²) in [6, 6.07) is 8.26. The molecule has 3 heterocycles. The topological polar surface area (TPSA) is 68.4 Å². The van der Waals surface area contributed by atoms with E-state index in [1.165, 1.54) is 16.6 Å². The van der Waals surface area contributed by atoms with Crippen molar-refractivity contribution < 1.29 is 9.90 Å². The number of hydrogen-bond donors (Lipinski definition) is 3. The summed E-state index contributed by atoms with van der Waals surface area (Å²) in [6.07, 6.45) is 2.42. The number of carbonyl (C=O) groups is 1. The van der Waals surface area contributed by atoms with Gasteiger partial charge in [0.15, 0.2) is 0 Å². The molecule has 128 valence electrons. The van der Waals surface area contributed by atoms with E-state index in [4.69, 9.17) is 0 Å². The van der Waals surface area contributed by atoms with E-state index in [2.05, 4.69) is 41.2 Å². The van der Waals surface area contributed by atoms with E-state index in [9.17, 15) is 9.90 Å². The lowest BCUT2D eigenvalue weighted by atomic mass is 9.77. The standard InChI is InChI=1S/C19H25N3O2/c1-12(2)22-9-7-19(8-10-22)17-14(11-16(21-19)18(23)24)13-5-3-4-6-15(13)20-17/h3-6,12,16,20-21H,7-11H2,1-2H3,(H,23,24)/t16-/m0/s1. The Kier molecular flexibility index (Phi) is 3.66. The van der Waals surface area contributed by atoms with Crippen LogP contribution in [0.4, 0.5) is 0 Å². The third-order valence-corrected chi connectivity index (χ3v) is 5.83. The van der Waals surface area contributed by atoms with Crippen molar-refractivity contribution >= 4 is 16.9 Å². The largest absolute Gasteiger partial charge is 0.480 e. The molecule has 1 saturated heterocycles. The normalized spacial score (nSPS) is 23.7. The number of rotatable bonds is 2. The zero-order valence-electron chi connectivity index (χ0n) is 14.3. The van der Waals surface area contributed by atoms with Gasteiger partial charge in [0.25, 0.3) is 0 Å². The number of nitrogens with zero attached hydrogens (tertiary/aromatic N) is 1. The van der Waals surface area contributed by atoms with Gasteiger partial charge in [-0.1, -0.05) is 18.2 Å². The molecule has 3 N–H and O–H groups in total. The Hall–Kier alpha value is -1.85. The molecule has 24 heavy (non-hydrogen) atoms. The number of carboxylic acids is 1. The second-order valence-electron chi connectivity index (χ2n) is 7.48. The number of fused-ring (bicyclic) bond motifs is 4. The predicted octanol–water partition coefficient (Wildman–Crippen LogP) is 2.47. The number of aromatic nitrogens is 1. The molecule has 0 bridgehead atoms. The number of piperidine rings is 1. The maximum absolute atomic E-state index is 11.7. The molecule has 5 heteroatoms. The van der Waals surface area contributed by atoms with Crippen LogP contribution in [0.5, 0.6) is 0 Å². The first-order valence-electron chi connectivity index (χ1n) is 8.85. The fraction of sp³-hybridized carbons (Fsp3) is 0.526. The summed E-state index contributed by atoms with van der Waals surface area (Å²) in [4.78, 5) is 17.8. The first-order valence-corrected chi connectivity index (χ1v) is 8.85. The molecule has 0 aliphatic carbocycles. The number of aliphatic carboxylic acids is 1. The summed E-state index contributed by atoms with van der Waals surface area (Å²) in [5.41, 5.74) is 3.27. The smallest absolute Gasteiger partial charge is 0.321 e. The minimum absolute atomic E-state index is 0.249. The lowest BCUT2D eigenvalue weighted by Crippen LogP contribution is -2.60. The number of aromatic amines is 1. The molecular formula is C19H25N3O2. The van der Waals surface area contributed by atoms with Gasteiger partial charge in [0.2, 0.25) is 0 Å². The van der Waals surface area contributed by atoms with Gasteiger partial charge in [-0.2, -0.15) is 0 Å². The van der Waals surface area contributed by atoms with Crippen molar-refractivity contribution in [2.24, 2.45) is 0 Å². The van der Waals surface area contributed by atoms with Crippen LogP contribution < -0.4 is 5.32 Å². The predicted molar refractivity (Wildman–Crippen MR) is 94.2 cm³/mol. The Morgan fingerprint density at radius 3 is 2.67 bits per heavy atom. The van der Waals surface area contributed by atoms with E-state index >= 15 is 0 Å². The van der Waals surface area contributed by atoms with Gasteiger partial charge in [0.05, 0.1) is 5.54 Å². The average Bonchev–Trinajstić information content (AvgIpc) is 2.95. The molecule has 2 aromatic rings. The summed E-state index contributed by atoms with van der Waals surface area (Å²) in [7, 11) is 0. The molecule has 2 aliphatic rings. The summed E-state index contributed by atoms with van der Waals surface area (Å²) in [5, 5.41) is 14.3. The molecule has 1 aromatic heterocycles. The van der Waals surface area contributed by atoms with E-state index in [-0.39, 0.29) is 5.54 Å². The molecule has 0 radical (unpaired) electrons. The Morgan fingerprint density at radius 1 is 1.29 bits per heavy atom. The minimum Gasteiger partial charge on any atom is -0.480 e. The second-order valence-corrected chi connectivity index (χ2v) is 7.48. The Bertz CT molecular complexity index is 772. The van der Waals surface area contributed by atoms with Gasteiger partial charge in [0.1, 0.15) is 6.04 Å². The second kappa shape index (κ2) is 5.60. The van der Waals surface area contributed by atoms with Crippen molar-refractivity contribution in [3.05, 3.63) is 35.5 Å². The molecule has 1 aromatic carbocycles. The summed E-state index contributed by atoms with van der Waals surface area (Å²) in [5.74, 6) is -0.753. The molecule has 5 nitrogen and oxygen atoms in total. The number of likely N-dealkylation sites (tertiary alicyclic amines) is 1. The van der Waals surface area contributed by atoms with Crippen molar-refractivity contribution in [2.75, 3.05) is 13.1 Å². The minimum atomic E-state index is -0.753. The highest BCUT2D eigenvalue weighted by molar-refractivity contribution is 5.87. The van der Waals surface area contributed by atoms with E-state index < -0.39 is 12.0 Å². The van der Waals surface area contributed by atoms with E-state index in [1.807, 2.05) is 12.1 Å². The Morgan fingerprint density at radius 2 is 2.00 bits per heavy atom. The molecule has 1 fully saturated rings. The molecule has 1 atom stereocenters. The fourth-order valence-electron chi connectivity index (χ4n) is 4.45. The van der Waals surface area contributed by atoms with Gasteiger partial charge in [-0.25, -0.2) is 0 Å². The molecule has 0 unspecified atom stereocenters. The number of carboxylic acid groups (broad SMARTS) is 1. The molecular weight excluding hydrogens is 302 g/mol. The molecule has 4 rings (SSSR count). The summed E-state index contributed by atoms with van der Waals surface area (Å²) in [6.45, 7) is 6.43. The number of para-hydroxylation sites is 1. The highest BCUT2D eigenvalue weighted by Crippen LogP contribution is 2.41. The molecule has 1 spiro atoms. The molecule has 0 saturated carbocycles. The lowest BCUT2D eigenvalue weighted by Gasteiger charge is -2.47. The SMILES string of the molecule is CC(C)N1CCC2(CC1)N[C@H](C(=O)O)Cc1c2[nH]c2ccccc12. The van der Waals surface area contributed by atoms with Gasteiger partial charge in [-0.05, 0) is 38.3 Å². The van der Waals surface area contributed by atoms with E-state index in [0.717, 1.165) is 31.4 Å². The van der Waals surface area contributed by atoms with Gasteiger partial charge in [0, 0.05) is 42.1 Å². The van der Waals surface area contributed by atoms with Crippen LogP contribution in [-0.2, 0) is 16.8 Å². The van der Waals surface area contributed by atoms with Crippen molar-refractivity contribution in [3.8, 4) is 0 Å². The van der Waals surface area contributed by atoms with Crippen LogP contribution in [0.15, 0.2) is 24.3 Å². The van der Waals surface area contributed by atoms with Crippen molar-refractivity contribution in [1.82, 2.24) is 15.2 Å². The van der Waals surface area contributed by atoms with Crippen LogP contribution in [0.3, 0.4) is 0 Å². The van der Waals surface area contributed by atoms with Crippen LogP contribution in [0, 0.1) is 0 Å². The quantitative estimate of drug-likeness (QED) is 0.793. The zero-order valence-corrected chi connectivity index (χ0v) is 14.3. The average molecular weight is 327 g/mol. The first-order chi connectivity index (χ1) is 11.5. The van der Waals surface area contributed by atoms with Gasteiger partial charge < -0.3 is 15.0 Å². The van der Waals surface area contributed by atoms with Crippen LogP contribution in [-0.4, -0.2) is 46.1 Å². The van der Waals surface area contributed by atoms with Crippen LogP contribution in [0.25, 0.3) is 10.9 Å². The number of H-pyrrole nitrogens is 1. The third kappa shape index (κ3) is 2.34. The monoisotopic (exact) mass is 327 g/mol. The van der Waals surface area contributed by atoms with Crippen LogP contribution >= 0.6 is 0 Å². The van der Waals surface area contributed by atoms with E-state index in [1.54, 1.807) is 0 Å². The highest BCUT2D eigenvalue weighted by Gasteiger charge is 2.45.